The molecule has 1 aliphatic rings. The molecule has 2 aromatic heterocycles. The third-order valence-corrected chi connectivity index (χ3v) is 5.87. The van der Waals surface area contributed by atoms with E-state index in [0.717, 1.165) is 24.2 Å². The van der Waals surface area contributed by atoms with Crippen LogP contribution in [0.15, 0.2) is 40.2 Å². The zero-order valence-corrected chi connectivity index (χ0v) is 17.5. The number of fused-ring (bicyclic) bond motifs is 1. The van der Waals surface area contributed by atoms with Gasteiger partial charge in [-0.05, 0) is 18.1 Å². The van der Waals surface area contributed by atoms with Crippen LogP contribution in [0.3, 0.4) is 0 Å². The highest BCUT2D eigenvalue weighted by Gasteiger charge is 2.24. The van der Waals surface area contributed by atoms with E-state index in [9.17, 15) is 14.4 Å². The van der Waals surface area contributed by atoms with Crippen LogP contribution in [0.25, 0.3) is 11.2 Å². The maximum Gasteiger partial charge on any atom is 0.332 e. The largest absolute Gasteiger partial charge is 0.339 e. The molecule has 158 valence electrons. The first-order valence-corrected chi connectivity index (χ1v) is 10.0. The Bertz CT molecular complexity index is 1210. The second kappa shape index (κ2) is 7.91. The Labute approximate surface area is 173 Å². The Hall–Kier alpha value is -3.20. The maximum absolute atomic E-state index is 12.8. The molecular formula is C21H26N6O3. The highest BCUT2D eigenvalue weighted by atomic mass is 16.2. The van der Waals surface area contributed by atoms with Gasteiger partial charge in [0.2, 0.25) is 5.91 Å². The van der Waals surface area contributed by atoms with Crippen LogP contribution >= 0.6 is 0 Å². The third-order valence-electron chi connectivity index (χ3n) is 5.87. The topological polar surface area (TPSA) is 85.4 Å². The lowest BCUT2D eigenvalue weighted by Crippen LogP contribution is -2.51. The number of imidazole rings is 1. The molecule has 0 atom stereocenters. The number of rotatable bonds is 4. The van der Waals surface area contributed by atoms with E-state index in [1.54, 1.807) is 23.6 Å². The molecule has 0 bridgehead atoms. The first kappa shape index (κ1) is 20.1. The quantitative estimate of drug-likeness (QED) is 0.609. The predicted molar refractivity (Wildman–Crippen MR) is 113 cm³/mol. The minimum Gasteiger partial charge on any atom is -0.339 e. The van der Waals surface area contributed by atoms with Gasteiger partial charge in [-0.15, -0.1) is 0 Å². The summed E-state index contributed by atoms with van der Waals surface area (Å²) in [6.07, 6.45) is 1.49. The summed E-state index contributed by atoms with van der Waals surface area (Å²) in [7, 11) is 3.25. The number of nitrogens with zero attached hydrogens (tertiary/aromatic N) is 6. The summed E-state index contributed by atoms with van der Waals surface area (Å²) in [5.74, 6) is -0.216. The fourth-order valence-corrected chi connectivity index (χ4v) is 3.95. The number of carbonyl (C=O) groups is 1. The van der Waals surface area contributed by atoms with Crippen LogP contribution in [0.2, 0.25) is 0 Å². The lowest BCUT2D eigenvalue weighted by atomic mass is 10.1. The van der Waals surface area contributed by atoms with Crippen LogP contribution in [0, 0.1) is 6.92 Å². The van der Waals surface area contributed by atoms with Gasteiger partial charge in [-0.25, -0.2) is 14.3 Å². The van der Waals surface area contributed by atoms with Crippen molar-refractivity contribution in [3.8, 4) is 0 Å². The number of hydrogen-bond acceptors (Lipinski definition) is 5. The number of amides is 1. The van der Waals surface area contributed by atoms with Crippen molar-refractivity contribution in [2.24, 2.45) is 14.1 Å². The van der Waals surface area contributed by atoms with E-state index in [2.05, 4.69) is 28.9 Å². The van der Waals surface area contributed by atoms with Gasteiger partial charge in [0.05, 0.1) is 6.33 Å². The molecule has 9 nitrogen and oxygen atoms in total. The Kier molecular flexibility index (Phi) is 5.29. The molecule has 9 heteroatoms. The van der Waals surface area contributed by atoms with Gasteiger partial charge >= 0.3 is 5.69 Å². The van der Waals surface area contributed by atoms with E-state index >= 15 is 0 Å². The summed E-state index contributed by atoms with van der Waals surface area (Å²) in [5, 5.41) is 0. The summed E-state index contributed by atoms with van der Waals surface area (Å²) in [6.45, 7) is 5.37. The first-order valence-electron chi connectivity index (χ1n) is 10.0. The fraction of sp³-hybridized carbons (Fsp3) is 0.429. The van der Waals surface area contributed by atoms with Crippen molar-refractivity contribution in [3.63, 3.8) is 0 Å². The number of aromatic nitrogens is 4. The Morgan fingerprint density at radius 3 is 2.47 bits per heavy atom. The van der Waals surface area contributed by atoms with Crippen LogP contribution in [0.4, 0.5) is 0 Å². The van der Waals surface area contributed by atoms with Gasteiger partial charge in [0, 0.05) is 46.8 Å². The first-order chi connectivity index (χ1) is 14.4. The van der Waals surface area contributed by atoms with Gasteiger partial charge in [-0.1, -0.05) is 24.3 Å². The van der Waals surface area contributed by atoms with Gasteiger partial charge in [-0.2, -0.15) is 0 Å². The van der Waals surface area contributed by atoms with Crippen molar-refractivity contribution >= 4 is 17.1 Å². The van der Waals surface area contributed by atoms with Crippen molar-refractivity contribution in [1.29, 1.82) is 0 Å². The number of piperazine rings is 1. The van der Waals surface area contributed by atoms with Crippen molar-refractivity contribution < 1.29 is 4.79 Å². The molecular weight excluding hydrogens is 384 g/mol. The molecule has 1 saturated heterocycles. The van der Waals surface area contributed by atoms with Crippen LogP contribution in [0.5, 0.6) is 0 Å². The second-order valence-corrected chi connectivity index (χ2v) is 7.84. The van der Waals surface area contributed by atoms with Crippen LogP contribution < -0.4 is 11.2 Å². The van der Waals surface area contributed by atoms with Gasteiger partial charge in [-0.3, -0.25) is 19.1 Å². The molecule has 3 heterocycles. The van der Waals surface area contributed by atoms with E-state index in [4.69, 9.17) is 0 Å². The molecule has 1 aromatic carbocycles. The molecule has 0 aliphatic carbocycles. The van der Waals surface area contributed by atoms with Crippen LogP contribution in [-0.4, -0.2) is 60.6 Å². The predicted octanol–water partition coefficient (Wildman–Crippen LogP) is 0.0865. The standard InChI is InChI=1S/C21H26N6O3/c1-15-6-4-5-7-16(15)12-25-8-10-26(11-9-25)17(28)13-27-20(29)18-19(22-14-23(18)2)24(3)21(27)30/h4-7,14H,8-13H2,1-3H3. The monoisotopic (exact) mass is 410 g/mol. The minimum absolute atomic E-state index is 0.216. The van der Waals surface area contributed by atoms with Crippen molar-refractivity contribution in [1.82, 2.24) is 28.5 Å². The Balaban J connectivity index is 1.46. The molecule has 0 spiro atoms. The molecule has 1 aliphatic heterocycles. The SMILES string of the molecule is Cc1ccccc1CN1CCN(C(=O)Cn2c(=O)c3c(ncn3C)n(C)c2=O)CC1. The Morgan fingerprint density at radius 2 is 1.77 bits per heavy atom. The molecule has 0 unspecified atom stereocenters. The van der Waals surface area contributed by atoms with E-state index < -0.39 is 11.2 Å². The summed E-state index contributed by atoms with van der Waals surface area (Å²) < 4.78 is 3.89. The summed E-state index contributed by atoms with van der Waals surface area (Å²) in [5.41, 5.74) is 2.17. The molecule has 1 amide bonds. The van der Waals surface area contributed by atoms with Gasteiger partial charge in [0.1, 0.15) is 6.54 Å². The zero-order valence-electron chi connectivity index (χ0n) is 17.5. The molecule has 0 radical (unpaired) electrons. The Morgan fingerprint density at radius 1 is 1.07 bits per heavy atom. The van der Waals surface area contributed by atoms with Crippen LogP contribution in [-0.2, 0) is 32.0 Å². The second-order valence-electron chi connectivity index (χ2n) is 7.84. The maximum atomic E-state index is 12.8. The van der Waals surface area contributed by atoms with Gasteiger partial charge in [0.25, 0.3) is 5.56 Å². The third kappa shape index (κ3) is 3.56. The minimum atomic E-state index is -0.530. The summed E-state index contributed by atoms with van der Waals surface area (Å²) >= 11 is 0. The average Bonchev–Trinajstić information content (AvgIpc) is 3.13. The summed E-state index contributed by atoms with van der Waals surface area (Å²) in [6, 6.07) is 8.31. The van der Waals surface area contributed by atoms with E-state index in [1.165, 1.54) is 22.0 Å². The molecule has 4 rings (SSSR count). The van der Waals surface area contributed by atoms with Crippen LogP contribution in [0.1, 0.15) is 11.1 Å². The number of benzene rings is 1. The zero-order chi connectivity index (χ0) is 21.4. The molecule has 3 aromatic rings. The van der Waals surface area contributed by atoms with Gasteiger partial charge in [0.15, 0.2) is 11.2 Å². The molecule has 0 saturated carbocycles. The number of aryl methyl sites for hydroxylation is 3. The van der Waals surface area contributed by atoms with E-state index in [1.807, 2.05) is 12.1 Å². The lowest BCUT2D eigenvalue weighted by molar-refractivity contribution is -0.133. The number of hydrogen-bond donors (Lipinski definition) is 0. The molecule has 1 fully saturated rings. The fourth-order valence-electron chi connectivity index (χ4n) is 3.95. The van der Waals surface area contributed by atoms with Crippen molar-refractivity contribution in [2.75, 3.05) is 26.2 Å². The van der Waals surface area contributed by atoms with Crippen molar-refractivity contribution in [2.45, 2.75) is 20.0 Å². The smallest absolute Gasteiger partial charge is 0.332 e. The van der Waals surface area contributed by atoms with Gasteiger partial charge < -0.3 is 9.47 Å². The molecule has 0 N–H and O–H groups in total. The normalized spacial score (nSPS) is 15.1. The number of carbonyl (C=O) groups excluding carboxylic acids is 1. The highest BCUT2D eigenvalue weighted by molar-refractivity contribution is 5.77. The van der Waals surface area contributed by atoms with Crippen molar-refractivity contribution in [3.05, 3.63) is 62.6 Å². The van der Waals surface area contributed by atoms with E-state index in [-0.39, 0.29) is 12.5 Å². The molecule has 30 heavy (non-hydrogen) atoms. The lowest BCUT2D eigenvalue weighted by Gasteiger charge is -2.35. The summed E-state index contributed by atoms with van der Waals surface area (Å²) in [4.78, 5) is 46.4. The highest BCUT2D eigenvalue weighted by Crippen LogP contribution is 2.13. The van der Waals surface area contributed by atoms with E-state index in [0.29, 0.717) is 24.3 Å². The average molecular weight is 410 g/mol.